The van der Waals surface area contributed by atoms with E-state index in [1.54, 1.807) is 18.2 Å². The molecule has 1 fully saturated rings. The molecule has 2 aromatic rings. The van der Waals surface area contributed by atoms with Crippen molar-refractivity contribution < 1.29 is 14.7 Å². The molecule has 0 spiro atoms. The molecule has 0 aromatic heterocycles. The summed E-state index contributed by atoms with van der Waals surface area (Å²) in [7, 11) is 0. The molecule has 10 heteroatoms. The van der Waals surface area contributed by atoms with Gasteiger partial charge in [0.2, 0.25) is 0 Å². The SMILES string of the molecule is O=C(O)C1=C(Sc2cc(Cl)ccc2Cl)CS[C@@H]2[C@H](NC(=S)Cc3ccccc3)C(=O)N12. The molecule has 31 heavy (non-hydrogen) atoms. The monoisotopic (exact) mass is 510 g/mol. The molecule has 2 aliphatic rings. The molecule has 2 aliphatic heterocycles. The van der Waals surface area contributed by atoms with Crippen LogP contribution in [0.1, 0.15) is 5.56 Å². The number of nitrogens with zero attached hydrogens (tertiary/aromatic N) is 1. The van der Waals surface area contributed by atoms with E-state index in [1.807, 2.05) is 30.3 Å². The first kappa shape index (κ1) is 22.5. The molecule has 0 radical (unpaired) electrons. The third-order valence-electron chi connectivity index (χ3n) is 4.79. The summed E-state index contributed by atoms with van der Waals surface area (Å²) >= 11 is 20.4. The predicted molar refractivity (Wildman–Crippen MR) is 130 cm³/mol. The molecule has 0 unspecified atom stereocenters. The average Bonchev–Trinajstić information content (AvgIpc) is 2.74. The molecule has 2 heterocycles. The Kier molecular flexibility index (Phi) is 6.83. The van der Waals surface area contributed by atoms with E-state index in [1.165, 1.54) is 28.4 Å². The minimum Gasteiger partial charge on any atom is -0.477 e. The number of halogens is 2. The van der Waals surface area contributed by atoms with Crippen LogP contribution in [0.4, 0.5) is 0 Å². The largest absolute Gasteiger partial charge is 0.477 e. The van der Waals surface area contributed by atoms with Crippen LogP contribution in [-0.4, -0.2) is 44.0 Å². The van der Waals surface area contributed by atoms with Gasteiger partial charge in [-0.3, -0.25) is 9.69 Å². The predicted octanol–water partition coefficient (Wildman–Crippen LogP) is 4.83. The minimum atomic E-state index is -1.15. The van der Waals surface area contributed by atoms with Gasteiger partial charge in [-0.15, -0.1) is 11.8 Å². The first-order valence-electron chi connectivity index (χ1n) is 9.22. The lowest BCUT2D eigenvalue weighted by molar-refractivity contribution is -0.148. The van der Waals surface area contributed by atoms with Crippen LogP contribution in [0.2, 0.25) is 10.0 Å². The highest BCUT2D eigenvalue weighted by atomic mass is 35.5. The van der Waals surface area contributed by atoms with Gasteiger partial charge in [-0.1, -0.05) is 77.5 Å². The number of amides is 1. The number of aliphatic carboxylic acids is 1. The summed E-state index contributed by atoms with van der Waals surface area (Å²) in [6.45, 7) is 0. The molecule has 1 amide bonds. The van der Waals surface area contributed by atoms with Crippen LogP contribution in [0.5, 0.6) is 0 Å². The number of thiocarbonyl (C=S) groups is 1. The number of thioether (sulfide) groups is 2. The van der Waals surface area contributed by atoms with Gasteiger partial charge in [0.25, 0.3) is 5.91 Å². The second-order valence-corrected chi connectivity index (χ2v) is 10.4. The quantitative estimate of drug-likeness (QED) is 0.426. The third-order valence-corrected chi connectivity index (χ3v) is 8.33. The Morgan fingerprint density at radius 1 is 1.26 bits per heavy atom. The first-order chi connectivity index (χ1) is 14.8. The van der Waals surface area contributed by atoms with E-state index in [2.05, 4.69) is 5.32 Å². The lowest BCUT2D eigenvalue weighted by Crippen LogP contribution is -2.70. The van der Waals surface area contributed by atoms with Crippen LogP contribution < -0.4 is 5.32 Å². The maximum atomic E-state index is 12.9. The molecule has 5 nitrogen and oxygen atoms in total. The maximum absolute atomic E-state index is 12.9. The van der Waals surface area contributed by atoms with Gasteiger partial charge in [0, 0.05) is 27.0 Å². The van der Waals surface area contributed by atoms with Gasteiger partial charge in [0.1, 0.15) is 17.1 Å². The van der Waals surface area contributed by atoms with Crippen LogP contribution >= 0.6 is 58.9 Å². The highest BCUT2D eigenvalue weighted by Crippen LogP contribution is 2.46. The van der Waals surface area contributed by atoms with Crippen LogP contribution in [0.3, 0.4) is 0 Å². The number of rotatable bonds is 6. The summed E-state index contributed by atoms with van der Waals surface area (Å²) in [6.07, 6.45) is 0.521. The Morgan fingerprint density at radius 3 is 2.71 bits per heavy atom. The third kappa shape index (κ3) is 4.73. The molecule has 0 bridgehead atoms. The highest BCUT2D eigenvalue weighted by molar-refractivity contribution is 8.06. The molecule has 2 aromatic carbocycles. The van der Waals surface area contributed by atoms with E-state index in [4.69, 9.17) is 35.4 Å². The van der Waals surface area contributed by atoms with Gasteiger partial charge in [-0.2, -0.15) is 0 Å². The molecule has 2 atom stereocenters. The number of carbonyl (C=O) groups excluding carboxylic acids is 1. The van der Waals surface area contributed by atoms with Crippen molar-refractivity contribution in [3.05, 3.63) is 74.7 Å². The molecule has 0 aliphatic carbocycles. The fraction of sp³-hybridized carbons (Fsp3) is 0.190. The van der Waals surface area contributed by atoms with E-state index in [-0.39, 0.29) is 17.0 Å². The van der Waals surface area contributed by atoms with Gasteiger partial charge in [-0.25, -0.2) is 4.79 Å². The lowest BCUT2D eigenvalue weighted by Gasteiger charge is -2.49. The van der Waals surface area contributed by atoms with Crippen molar-refractivity contribution in [1.82, 2.24) is 10.2 Å². The van der Waals surface area contributed by atoms with Crippen molar-refractivity contribution in [2.24, 2.45) is 0 Å². The number of hydrogen-bond donors (Lipinski definition) is 2. The van der Waals surface area contributed by atoms with E-state index < -0.39 is 12.0 Å². The minimum absolute atomic E-state index is 0.0122. The van der Waals surface area contributed by atoms with Gasteiger partial charge >= 0.3 is 5.97 Å². The van der Waals surface area contributed by atoms with Crippen molar-refractivity contribution >= 4 is 75.8 Å². The van der Waals surface area contributed by atoms with Crippen molar-refractivity contribution in [3.8, 4) is 0 Å². The second-order valence-electron chi connectivity index (χ2n) is 6.87. The first-order valence-corrected chi connectivity index (χ1v) is 12.3. The molecule has 2 N–H and O–H groups in total. The number of carboxylic acids is 1. The number of fused-ring (bicyclic) bond motifs is 1. The number of carboxylic acid groups (broad SMARTS) is 1. The second kappa shape index (κ2) is 9.42. The van der Waals surface area contributed by atoms with Crippen molar-refractivity contribution in [2.45, 2.75) is 22.7 Å². The molecule has 160 valence electrons. The van der Waals surface area contributed by atoms with E-state index in [0.717, 1.165) is 5.56 Å². The number of nitrogens with one attached hydrogen (secondary N) is 1. The summed E-state index contributed by atoms with van der Waals surface area (Å²) in [5.41, 5.74) is 1.03. The summed E-state index contributed by atoms with van der Waals surface area (Å²) in [6, 6.07) is 14.2. The van der Waals surface area contributed by atoms with Crippen molar-refractivity contribution in [3.63, 3.8) is 0 Å². The van der Waals surface area contributed by atoms with Gasteiger partial charge < -0.3 is 10.4 Å². The smallest absolute Gasteiger partial charge is 0.353 e. The molecular formula is C21H16Cl2N2O3S3. The Bertz CT molecular complexity index is 1090. The number of benzene rings is 2. The van der Waals surface area contributed by atoms with Crippen molar-refractivity contribution in [2.75, 3.05) is 5.75 Å². The van der Waals surface area contributed by atoms with Gasteiger partial charge in [0.05, 0.1) is 10.0 Å². The van der Waals surface area contributed by atoms with Crippen LogP contribution in [0.25, 0.3) is 0 Å². The number of β-lactam (4-membered cyclic amide) rings is 1. The summed E-state index contributed by atoms with van der Waals surface area (Å²) < 4.78 is 0. The van der Waals surface area contributed by atoms with Crippen LogP contribution in [0.15, 0.2) is 64.0 Å². The zero-order valence-electron chi connectivity index (χ0n) is 15.9. The molecule has 1 saturated heterocycles. The van der Waals surface area contributed by atoms with E-state index in [0.29, 0.717) is 37.0 Å². The Balaban J connectivity index is 1.51. The molecular weight excluding hydrogens is 495 g/mol. The summed E-state index contributed by atoms with van der Waals surface area (Å²) in [4.78, 5) is 28.0. The number of hydrogen-bond acceptors (Lipinski definition) is 5. The number of carbonyl (C=O) groups is 2. The zero-order valence-corrected chi connectivity index (χ0v) is 19.8. The van der Waals surface area contributed by atoms with Crippen LogP contribution in [-0.2, 0) is 16.0 Å². The summed E-state index contributed by atoms with van der Waals surface area (Å²) in [5.74, 6) is -1.02. The highest BCUT2D eigenvalue weighted by Gasteiger charge is 2.54. The molecule has 4 rings (SSSR count). The van der Waals surface area contributed by atoms with E-state index in [9.17, 15) is 14.7 Å². The molecule has 0 saturated carbocycles. The average molecular weight is 511 g/mol. The fourth-order valence-corrected chi connectivity index (χ4v) is 6.66. The Hall–Kier alpha value is -1.71. The van der Waals surface area contributed by atoms with Gasteiger partial charge in [-0.05, 0) is 23.8 Å². The van der Waals surface area contributed by atoms with Crippen molar-refractivity contribution in [1.29, 1.82) is 0 Å². The maximum Gasteiger partial charge on any atom is 0.353 e. The lowest BCUT2D eigenvalue weighted by atomic mass is 10.0. The standard InChI is InChI=1S/C21H16Cl2N2O3S3/c22-12-6-7-13(23)14(9-12)31-15-10-30-20-17(19(26)25(20)18(15)21(27)28)24-16(29)8-11-4-2-1-3-5-11/h1-7,9,17,20H,8,10H2,(H,24,29)(H,27,28)/t17-,20-/m1/s1. The topological polar surface area (TPSA) is 69.6 Å². The van der Waals surface area contributed by atoms with Gasteiger partial charge in [0.15, 0.2) is 0 Å². The normalized spacial score (nSPS) is 20.2. The summed E-state index contributed by atoms with van der Waals surface area (Å²) in [5, 5.41) is 13.6. The Labute approximate surface area is 203 Å². The zero-order chi connectivity index (χ0) is 22.1. The van der Waals surface area contributed by atoms with Crippen LogP contribution in [0, 0.1) is 0 Å². The fourth-order valence-electron chi connectivity index (χ4n) is 3.36. The van der Waals surface area contributed by atoms with E-state index >= 15 is 0 Å². The Morgan fingerprint density at radius 2 is 2.00 bits per heavy atom.